The first-order valence-electron chi connectivity index (χ1n) is 11.0. The van der Waals surface area contributed by atoms with Gasteiger partial charge in [-0.2, -0.15) is 4.98 Å². The first-order valence-corrected chi connectivity index (χ1v) is 12.6. The van der Waals surface area contributed by atoms with Crippen LogP contribution in [0.4, 0.5) is 38.9 Å². The maximum Gasteiger partial charge on any atom is 0.229 e. The molecule has 1 aromatic heterocycles. The minimum absolute atomic E-state index is 0.256. The van der Waals surface area contributed by atoms with E-state index < -0.39 is 0 Å². The Morgan fingerprint density at radius 2 is 1.88 bits per heavy atom. The molecule has 7 nitrogen and oxygen atoms in total. The second-order valence-electron chi connectivity index (χ2n) is 9.03. The molecular weight excluding hydrogens is 473 g/mol. The Bertz CT molecular complexity index is 1200. The van der Waals surface area contributed by atoms with E-state index in [4.69, 9.17) is 11.6 Å². The lowest BCUT2D eigenvalue weighted by molar-refractivity contribution is -0.00270. The molecule has 10 heteroatoms. The Labute approximate surface area is 208 Å². The van der Waals surface area contributed by atoms with Gasteiger partial charge in [0, 0.05) is 50.6 Å². The third kappa shape index (κ3) is 4.47. The molecule has 5 rings (SSSR count). The number of nitrogens with one attached hydrogen (secondary N) is 2. The number of anilines is 6. The second kappa shape index (κ2) is 9.13. The Balaban J connectivity index is 1.29. The molecule has 0 radical (unpaired) electrons. The molecule has 0 amide bonds. The van der Waals surface area contributed by atoms with Gasteiger partial charge >= 0.3 is 0 Å². The van der Waals surface area contributed by atoms with Gasteiger partial charge < -0.3 is 24.7 Å². The van der Waals surface area contributed by atoms with Crippen molar-refractivity contribution in [3.05, 3.63) is 59.5 Å². The SMILES string of the molecule is CSN(C)c1ccccc1Nc1nc(Nc2ccc(N3CC4(CN(C)C4)C3)c(F)c2)ncc1Cl. The molecule has 2 N–H and O–H groups in total. The van der Waals surface area contributed by atoms with Gasteiger partial charge in [0.15, 0.2) is 5.82 Å². The maximum atomic E-state index is 14.9. The van der Waals surface area contributed by atoms with Crippen molar-refractivity contribution in [1.82, 2.24) is 14.9 Å². The number of para-hydroxylation sites is 2. The summed E-state index contributed by atoms with van der Waals surface area (Å²) in [5.74, 6) is 0.540. The Morgan fingerprint density at radius 1 is 1.12 bits per heavy atom. The van der Waals surface area contributed by atoms with Gasteiger partial charge in [-0.25, -0.2) is 9.37 Å². The minimum Gasteiger partial charge on any atom is -0.368 e. The van der Waals surface area contributed by atoms with E-state index in [2.05, 4.69) is 37.4 Å². The van der Waals surface area contributed by atoms with Gasteiger partial charge in [-0.15, -0.1) is 0 Å². The predicted molar refractivity (Wildman–Crippen MR) is 141 cm³/mol. The summed E-state index contributed by atoms with van der Waals surface area (Å²) >= 11 is 7.96. The van der Waals surface area contributed by atoms with Crippen LogP contribution >= 0.6 is 23.5 Å². The van der Waals surface area contributed by atoms with E-state index in [1.54, 1.807) is 11.9 Å². The Kier molecular flexibility index (Phi) is 6.18. The summed E-state index contributed by atoms with van der Waals surface area (Å²) in [5.41, 5.74) is 3.43. The Morgan fingerprint density at radius 3 is 2.59 bits per heavy atom. The van der Waals surface area contributed by atoms with Gasteiger partial charge in [0.25, 0.3) is 0 Å². The first kappa shape index (κ1) is 23.0. The highest BCUT2D eigenvalue weighted by Crippen LogP contribution is 2.42. The highest BCUT2D eigenvalue weighted by molar-refractivity contribution is 7.99. The van der Waals surface area contributed by atoms with Crippen LogP contribution in [-0.4, -0.2) is 61.4 Å². The van der Waals surface area contributed by atoms with Crippen molar-refractivity contribution in [3.8, 4) is 0 Å². The van der Waals surface area contributed by atoms with Crippen LogP contribution in [0.3, 0.4) is 0 Å². The van der Waals surface area contributed by atoms with Gasteiger partial charge in [0.1, 0.15) is 10.8 Å². The van der Waals surface area contributed by atoms with Crippen molar-refractivity contribution in [2.75, 3.05) is 66.4 Å². The molecule has 0 bridgehead atoms. The molecule has 34 heavy (non-hydrogen) atoms. The highest BCUT2D eigenvalue weighted by atomic mass is 35.5. The molecule has 3 aromatic rings. The lowest BCUT2D eigenvalue weighted by Crippen LogP contribution is -2.71. The normalized spacial score (nSPS) is 16.7. The number of likely N-dealkylation sites (tertiary alicyclic amines) is 1. The second-order valence-corrected chi connectivity index (χ2v) is 10.4. The average molecular weight is 500 g/mol. The number of benzene rings is 2. The fraction of sp³-hybridized carbons (Fsp3) is 0.333. The van der Waals surface area contributed by atoms with E-state index in [1.165, 1.54) is 12.3 Å². The Hall–Kier alpha value is -2.75. The number of rotatable bonds is 7. The quantitative estimate of drug-likeness (QED) is 0.429. The summed E-state index contributed by atoms with van der Waals surface area (Å²) < 4.78 is 16.9. The van der Waals surface area contributed by atoms with Gasteiger partial charge in [-0.1, -0.05) is 35.7 Å². The molecule has 2 aliphatic rings. The molecular formula is C24H27ClFN7S. The molecule has 0 atom stereocenters. The molecule has 0 unspecified atom stereocenters. The van der Waals surface area contributed by atoms with Crippen molar-refractivity contribution in [2.45, 2.75) is 0 Å². The number of aromatic nitrogens is 2. The smallest absolute Gasteiger partial charge is 0.229 e. The summed E-state index contributed by atoms with van der Waals surface area (Å²) in [4.78, 5) is 13.2. The molecule has 1 spiro atoms. The average Bonchev–Trinajstić information content (AvgIpc) is 2.78. The summed E-state index contributed by atoms with van der Waals surface area (Å²) in [6, 6.07) is 13.1. The van der Waals surface area contributed by atoms with Gasteiger partial charge in [0.2, 0.25) is 5.95 Å². The predicted octanol–water partition coefficient (Wildman–Crippen LogP) is 5.22. The molecule has 2 aliphatic heterocycles. The molecule has 2 fully saturated rings. The van der Waals surface area contributed by atoms with Crippen LogP contribution in [0, 0.1) is 11.2 Å². The standard InChI is InChI=1S/C24H27ClFN7S/c1-31-12-24(13-31)14-33(15-24)20-9-8-16(10-18(20)26)28-23-27-11-17(25)22(30-23)29-19-6-4-5-7-21(19)32(2)34-3/h4-11H,12-15H2,1-3H3,(H2,27,28,29,30). The largest absolute Gasteiger partial charge is 0.368 e. The number of hydrogen-bond acceptors (Lipinski definition) is 8. The zero-order valence-corrected chi connectivity index (χ0v) is 20.9. The monoisotopic (exact) mass is 499 g/mol. The molecule has 178 valence electrons. The van der Waals surface area contributed by atoms with Crippen molar-refractivity contribution < 1.29 is 4.39 Å². The molecule has 0 aliphatic carbocycles. The molecule has 0 saturated carbocycles. The summed E-state index contributed by atoms with van der Waals surface area (Å²) in [6.45, 7) is 3.99. The van der Waals surface area contributed by atoms with Crippen molar-refractivity contribution in [1.29, 1.82) is 0 Å². The zero-order chi connectivity index (χ0) is 23.9. The van der Waals surface area contributed by atoms with Crippen molar-refractivity contribution in [2.24, 2.45) is 5.41 Å². The fourth-order valence-corrected chi connectivity index (χ4v) is 5.29. The number of nitrogens with zero attached hydrogens (tertiary/aromatic N) is 5. The fourth-order valence-electron chi connectivity index (χ4n) is 4.80. The maximum absolute atomic E-state index is 14.9. The third-order valence-electron chi connectivity index (χ3n) is 6.32. The lowest BCUT2D eigenvalue weighted by Gasteiger charge is -2.60. The van der Waals surface area contributed by atoms with E-state index >= 15 is 0 Å². The van der Waals surface area contributed by atoms with Crippen LogP contribution in [0.15, 0.2) is 48.7 Å². The molecule has 2 saturated heterocycles. The first-order chi connectivity index (χ1) is 16.4. The third-order valence-corrected chi connectivity index (χ3v) is 7.34. The van der Waals surface area contributed by atoms with E-state index in [9.17, 15) is 4.39 Å². The molecule has 2 aromatic carbocycles. The number of hydrogen-bond donors (Lipinski definition) is 2. The van der Waals surface area contributed by atoms with E-state index in [1.807, 2.05) is 54.0 Å². The topological polar surface area (TPSA) is 59.6 Å². The van der Waals surface area contributed by atoms with Crippen LogP contribution in [0.1, 0.15) is 0 Å². The van der Waals surface area contributed by atoms with Gasteiger partial charge in [-0.05, 0) is 37.4 Å². The van der Waals surface area contributed by atoms with Gasteiger partial charge in [-0.3, -0.25) is 0 Å². The van der Waals surface area contributed by atoms with Crippen LogP contribution < -0.4 is 19.8 Å². The van der Waals surface area contributed by atoms with Crippen LogP contribution in [0.25, 0.3) is 0 Å². The van der Waals surface area contributed by atoms with Crippen molar-refractivity contribution >= 4 is 58.1 Å². The van der Waals surface area contributed by atoms with Crippen molar-refractivity contribution in [3.63, 3.8) is 0 Å². The summed E-state index contributed by atoms with van der Waals surface area (Å²) in [7, 11) is 4.11. The van der Waals surface area contributed by atoms with Crippen LogP contribution in [0.5, 0.6) is 0 Å². The van der Waals surface area contributed by atoms with E-state index in [-0.39, 0.29) is 5.82 Å². The van der Waals surface area contributed by atoms with E-state index in [0.717, 1.165) is 37.6 Å². The summed E-state index contributed by atoms with van der Waals surface area (Å²) in [5, 5.41) is 6.78. The van der Waals surface area contributed by atoms with Crippen LogP contribution in [-0.2, 0) is 0 Å². The zero-order valence-electron chi connectivity index (χ0n) is 19.3. The van der Waals surface area contributed by atoms with E-state index in [0.29, 0.717) is 33.6 Å². The minimum atomic E-state index is -0.256. The lowest BCUT2D eigenvalue weighted by atomic mass is 9.73. The van der Waals surface area contributed by atoms with Crippen LogP contribution in [0.2, 0.25) is 5.02 Å². The highest BCUT2D eigenvalue weighted by Gasteiger charge is 2.50. The number of halogens is 2. The molecule has 3 heterocycles. The van der Waals surface area contributed by atoms with Gasteiger partial charge in [0.05, 0.1) is 23.3 Å². The summed E-state index contributed by atoms with van der Waals surface area (Å²) in [6.07, 6.45) is 3.53.